The molecule has 0 aromatic carbocycles. The van der Waals surface area contributed by atoms with E-state index in [1.165, 1.54) is 6.42 Å². The third-order valence-electron chi connectivity index (χ3n) is 3.38. The summed E-state index contributed by atoms with van der Waals surface area (Å²) in [7, 11) is 2.04. The van der Waals surface area contributed by atoms with Crippen molar-refractivity contribution in [2.24, 2.45) is 23.2 Å². The Hall–Kier alpha value is -0.0800. The molecule has 0 aromatic heterocycles. The topological polar surface area (TPSA) is 24.1 Å². The molecule has 0 aliphatic carbocycles. The molecule has 0 spiro atoms. The van der Waals surface area contributed by atoms with Crippen LogP contribution >= 0.6 is 0 Å². The summed E-state index contributed by atoms with van der Waals surface area (Å²) in [5.41, 5.74) is 0.412. The lowest BCUT2D eigenvalue weighted by atomic mass is 9.83. The molecule has 2 nitrogen and oxygen atoms in total. The van der Waals surface area contributed by atoms with Gasteiger partial charge in [0.25, 0.3) is 0 Å². The third kappa shape index (κ3) is 8.62. The van der Waals surface area contributed by atoms with E-state index < -0.39 is 0 Å². The molecule has 0 amide bonds. The van der Waals surface area contributed by atoms with Crippen LogP contribution in [-0.4, -0.2) is 26.7 Å². The highest BCUT2D eigenvalue weighted by molar-refractivity contribution is 4.75. The first-order chi connectivity index (χ1) is 7.78. The van der Waals surface area contributed by atoms with E-state index in [4.69, 9.17) is 0 Å². The van der Waals surface area contributed by atoms with Crippen LogP contribution < -0.4 is 10.6 Å². The lowest BCUT2D eigenvalue weighted by Crippen LogP contribution is -2.38. The van der Waals surface area contributed by atoms with Crippen LogP contribution in [0.25, 0.3) is 0 Å². The van der Waals surface area contributed by atoms with Crippen LogP contribution in [0.3, 0.4) is 0 Å². The molecule has 2 heteroatoms. The van der Waals surface area contributed by atoms with Crippen LogP contribution in [0, 0.1) is 23.2 Å². The zero-order valence-electron chi connectivity index (χ0n) is 13.1. The third-order valence-corrected chi connectivity index (χ3v) is 3.38. The van der Waals surface area contributed by atoms with Gasteiger partial charge in [-0.15, -0.1) is 0 Å². The molecular formula is C15H34N2. The molecule has 0 fully saturated rings. The monoisotopic (exact) mass is 242 g/mol. The van der Waals surface area contributed by atoms with Gasteiger partial charge in [0.05, 0.1) is 0 Å². The molecule has 2 N–H and O–H groups in total. The Morgan fingerprint density at radius 1 is 1.00 bits per heavy atom. The molecule has 0 aliphatic rings. The molecule has 0 saturated carbocycles. The highest BCUT2D eigenvalue weighted by atomic mass is 14.9. The van der Waals surface area contributed by atoms with Gasteiger partial charge in [-0.1, -0.05) is 41.5 Å². The summed E-state index contributed by atoms with van der Waals surface area (Å²) in [6.45, 7) is 17.3. The van der Waals surface area contributed by atoms with Gasteiger partial charge in [-0.25, -0.2) is 0 Å². The van der Waals surface area contributed by atoms with Gasteiger partial charge in [0.15, 0.2) is 0 Å². The van der Waals surface area contributed by atoms with Gasteiger partial charge in [-0.2, -0.15) is 0 Å². The van der Waals surface area contributed by atoms with Gasteiger partial charge < -0.3 is 10.6 Å². The maximum Gasteiger partial charge on any atom is 0.000274 e. The predicted octanol–water partition coefficient (Wildman–Crippen LogP) is 3.14. The largest absolute Gasteiger partial charge is 0.319 e. The summed E-state index contributed by atoms with van der Waals surface area (Å²) in [5.74, 6) is 2.25. The summed E-state index contributed by atoms with van der Waals surface area (Å²) in [5, 5.41) is 6.95. The lowest BCUT2D eigenvalue weighted by molar-refractivity contribution is 0.256. The van der Waals surface area contributed by atoms with Crippen molar-refractivity contribution in [3.63, 3.8) is 0 Å². The molecular weight excluding hydrogens is 208 g/mol. The minimum absolute atomic E-state index is 0.412. The van der Waals surface area contributed by atoms with Crippen LogP contribution in [0.1, 0.15) is 48.0 Å². The molecule has 0 radical (unpaired) electrons. The summed E-state index contributed by atoms with van der Waals surface area (Å²) >= 11 is 0. The highest BCUT2D eigenvalue weighted by Crippen LogP contribution is 2.24. The lowest BCUT2D eigenvalue weighted by Gasteiger charge is -2.29. The van der Waals surface area contributed by atoms with E-state index in [0.717, 1.165) is 37.4 Å². The second-order valence-electron chi connectivity index (χ2n) is 6.95. The standard InChI is InChI=1S/C15H34N2/c1-12(2)8-15(5,6)11-17-10-14(9-16-7)13(3)4/h12-14,16-17H,8-11H2,1-7H3. The molecule has 0 aromatic rings. The second-order valence-corrected chi connectivity index (χ2v) is 6.95. The molecule has 104 valence electrons. The average molecular weight is 242 g/mol. The van der Waals surface area contributed by atoms with E-state index in [9.17, 15) is 0 Å². The van der Waals surface area contributed by atoms with Crippen LogP contribution in [0.15, 0.2) is 0 Å². The van der Waals surface area contributed by atoms with Crippen molar-refractivity contribution in [2.75, 3.05) is 26.7 Å². The second kappa shape index (κ2) is 8.10. The quantitative estimate of drug-likeness (QED) is 0.649. The van der Waals surface area contributed by atoms with Crippen molar-refractivity contribution >= 4 is 0 Å². The maximum atomic E-state index is 3.66. The first kappa shape index (κ1) is 16.9. The Bertz CT molecular complexity index is 185. The van der Waals surface area contributed by atoms with Crippen LogP contribution in [0.2, 0.25) is 0 Å². The Labute approximate surface area is 109 Å². The first-order valence-electron chi connectivity index (χ1n) is 7.14. The van der Waals surface area contributed by atoms with Crippen molar-refractivity contribution in [3.8, 4) is 0 Å². The van der Waals surface area contributed by atoms with E-state index in [1.54, 1.807) is 0 Å². The summed E-state index contributed by atoms with van der Waals surface area (Å²) < 4.78 is 0. The van der Waals surface area contributed by atoms with E-state index in [-0.39, 0.29) is 0 Å². The molecule has 0 saturated heterocycles. The fourth-order valence-corrected chi connectivity index (χ4v) is 2.58. The smallest absolute Gasteiger partial charge is 0.000274 e. The van der Waals surface area contributed by atoms with Gasteiger partial charge in [-0.3, -0.25) is 0 Å². The van der Waals surface area contributed by atoms with Crippen LogP contribution in [0.5, 0.6) is 0 Å². The van der Waals surface area contributed by atoms with Gasteiger partial charge in [0.1, 0.15) is 0 Å². The molecule has 0 heterocycles. The van der Waals surface area contributed by atoms with Crippen molar-refractivity contribution in [2.45, 2.75) is 48.0 Å². The van der Waals surface area contributed by atoms with Gasteiger partial charge in [0.2, 0.25) is 0 Å². The highest BCUT2D eigenvalue weighted by Gasteiger charge is 2.20. The number of hydrogen-bond acceptors (Lipinski definition) is 2. The summed E-state index contributed by atoms with van der Waals surface area (Å²) in [4.78, 5) is 0. The normalized spacial score (nSPS) is 14.6. The molecule has 1 atom stereocenters. The molecule has 1 unspecified atom stereocenters. The van der Waals surface area contributed by atoms with Gasteiger partial charge in [-0.05, 0) is 49.7 Å². The maximum absolute atomic E-state index is 3.66. The fourth-order valence-electron chi connectivity index (χ4n) is 2.58. The Morgan fingerprint density at radius 3 is 2.00 bits per heavy atom. The van der Waals surface area contributed by atoms with E-state index in [2.05, 4.69) is 52.2 Å². The summed E-state index contributed by atoms with van der Waals surface area (Å²) in [6.07, 6.45) is 1.29. The van der Waals surface area contributed by atoms with E-state index in [1.807, 2.05) is 7.05 Å². The number of nitrogens with one attached hydrogen (secondary N) is 2. The SMILES string of the molecule is CNCC(CNCC(C)(C)CC(C)C)C(C)C. The van der Waals surface area contributed by atoms with Crippen LogP contribution in [0.4, 0.5) is 0 Å². The van der Waals surface area contributed by atoms with E-state index >= 15 is 0 Å². The van der Waals surface area contributed by atoms with Crippen molar-refractivity contribution < 1.29 is 0 Å². The van der Waals surface area contributed by atoms with Crippen molar-refractivity contribution in [1.82, 2.24) is 10.6 Å². The zero-order chi connectivity index (χ0) is 13.5. The Kier molecular flexibility index (Phi) is 8.06. The number of rotatable bonds is 9. The van der Waals surface area contributed by atoms with Gasteiger partial charge >= 0.3 is 0 Å². The van der Waals surface area contributed by atoms with Crippen molar-refractivity contribution in [1.29, 1.82) is 0 Å². The molecule has 0 rings (SSSR count). The fraction of sp³-hybridized carbons (Fsp3) is 1.00. The number of hydrogen-bond donors (Lipinski definition) is 2. The summed E-state index contributed by atoms with van der Waals surface area (Å²) in [6, 6.07) is 0. The van der Waals surface area contributed by atoms with Gasteiger partial charge in [0, 0.05) is 6.54 Å². The van der Waals surface area contributed by atoms with Crippen molar-refractivity contribution in [3.05, 3.63) is 0 Å². The predicted molar refractivity (Wildman–Crippen MR) is 78.4 cm³/mol. The average Bonchev–Trinajstić information content (AvgIpc) is 2.13. The Balaban J connectivity index is 3.94. The molecule has 0 bridgehead atoms. The minimum atomic E-state index is 0.412. The van der Waals surface area contributed by atoms with E-state index in [0.29, 0.717) is 5.41 Å². The molecule has 0 aliphatic heterocycles. The minimum Gasteiger partial charge on any atom is -0.319 e. The van der Waals surface area contributed by atoms with Crippen LogP contribution in [-0.2, 0) is 0 Å². The Morgan fingerprint density at radius 2 is 1.59 bits per heavy atom. The zero-order valence-corrected chi connectivity index (χ0v) is 13.1. The molecule has 17 heavy (non-hydrogen) atoms. The first-order valence-corrected chi connectivity index (χ1v) is 7.14.